The number of benzene rings is 1. The van der Waals surface area contributed by atoms with Crippen LogP contribution in [0.1, 0.15) is 23.2 Å². The third kappa shape index (κ3) is 1.61. The van der Waals surface area contributed by atoms with E-state index in [-0.39, 0.29) is 5.78 Å². The molecule has 2 rings (SSSR count). The fourth-order valence-corrected chi connectivity index (χ4v) is 1.69. The van der Waals surface area contributed by atoms with E-state index in [1.165, 1.54) is 0 Å². The summed E-state index contributed by atoms with van der Waals surface area (Å²) >= 11 is 0. The minimum atomic E-state index is -0.567. The van der Waals surface area contributed by atoms with Gasteiger partial charge in [0.15, 0.2) is 5.78 Å². The average molecular weight is 188 g/mol. The van der Waals surface area contributed by atoms with E-state index in [2.05, 4.69) is 0 Å². The van der Waals surface area contributed by atoms with Crippen molar-refractivity contribution in [3.8, 4) is 0 Å². The van der Waals surface area contributed by atoms with E-state index in [1.807, 2.05) is 24.3 Å². The zero-order valence-corrected chi connectivity index (χ0v) is 7.81. The molecule has 0 saturated carbocycles. The summed E-state index contributed by atoms with van der Waals surface area (Å²) in [6.45, 7) is 0. The number of ketones is 1. The molecular weight excluding hydrogens is 176 g/mol. The van der Waals surface area contributed by atoms with E-state index in [4.69, 9.17) is 0 Å². The molecule has 1 N–H and O–H groups in total. The second-order valence-corrected chi connectivity index (χ2v) is 3.45. The highest BCUT2D eigenvalue weighted by atomic mass is 16.3. The van der Waals surface area contributed by atoms with Crippen molar-refractivity contribution >= 4 is 5.78 Å². The van der Waals surface area contributed by atoms with Crippen LogP contribution in [0.4, 0.5) is 0 Å². The number of allylic oxidation sites excluding steroid dienone is 1. The molecule has 0 unspecified atom stereocenters. The largest absolute Gasteiger partial charge is 0.388 e. The summed E-state index contributed by atoms with van der Waals surface area (Å²) in [5, 5.41) is 9.53. The maximum atomic E-state index is 11.8. The molecule has 0 amide bonds. The van der Waals surface area contributed by atoms with E-state index < -0.39 is 6.10 Å². The minimum absolute atomic E-state index is 0.0457. The van der Waals surface area contributed by atoms with Crippen LogP contribution in [-0.4, -0.2) is 17.0 Å². The summed E-state index contributed by atoms with van der Waals surface area (Å²) in [6.07, 6.45) is 2.74. The Morgan fingerprint density at radius 2 is 2.00 bits per heavy atom. The molecule has 1 aromatic rings. The molecule has 1 aliphatic rings. The molecule has 0 bridgehead atoms. The first kappa shape index (κ1) is 9.16. The van der Waals surface area contributed by atoms with Gasteiger partial charge in [-0.25, -0.2) is 0 Å². The first-order valence-corrected chi connectivity index (χ1v) is 4.77. The molecule has 0 saturated heterocycles. The molecule has 0 radical (unpaired) electrons. The number of aliphatic hydroxyl groups is 1. The molecule has 2 nitrogen and oxygen atoms in total. The van der Waals surface area contributed by atoms with Gasteiger partial charge < -0.3 is 5.11 Å². The number of aliphatic hydroxyl groups excluding tert-OH is 1. The summed E-state index contributed by atoms with van der Waals surface area (Å²) < 4.78 is 0. The third-order valence-corrected chi connectivity index (χ3v) is 2.46. The van der Waals surface area contributed by atoms with Crippen LogP contribution in [0.2, 0.25) is 0 Å². The monoisotopic (exact) mass is 188 g/mol. The first-order valence-electron chi connectivity index (χ1n) is 4.77. The molecular formula is C12H12O2. The average Bonchev–Trinajstić information content (AvgIpc) is 2.65. The molecule has 0 heterocycles. The Morgan fingerprint density at radius 1 is 1.29 bits per heavy atom. The lowest BCUT2D eigenvalue weighted by Crippen LogP contribution is -2.13. The van der Waals surface area contributed by atoms with E-state index in [9.17, 15) is 9.90 Å². The van der Waals surface area contributed by atoms with Gasteiger partial charge in [-0.05, 0) is 12.8 Å². The van der Waals surface area contributed by atoms with E-state index in [0.29, 0.717) is 17.6 Å². The van der Waals surface area contributed by atoms with Crippen LogP contribution >= 0.6 is 0 Å². The molecule has 0 fully saturated rings. The van der Waals surface area contributed by atoms with Crippen LogP contribution in [0.5, 0.6) is 0 Å². The number of carbonyl (C=O) groups excluding carboxylic acids is 1. The quantitative estimate of drug-likeness (QED) is 0.720. The summed E-state index contributed by atoms with van der Waals surface area (Å²) in [5.74, 6) is -0.0457. The molecule has 1 aromatic carbocycles. The van der Waals surface area contributed by atoms with Gasteiger partial charge in [0.1, 0.15) is 0 Å². The molecule has 0 aromatic heterocycles. The third-order valence-electron chi connectivity index (χ3n) is 2.46. The van der Waals surface area contributed by atoms with Crippen LogP contribution in [0.3, 0.4) is 0 Å². The predicted octanol–water partition coefficient (Wildman–Crippen LogP) is 1.95. The van der Waals surface area contributed by atoms with Crippen molar-refractivity contribution in [1.82, 2.24) is 0 Å². The van der Waals surface area contributed by atoms with Gasteiger partial charge in [-0.15, -0.1) is 0 Å². The van der Waals surface area contributed by atoms with Crippen LogP contribution in [0, 0.1) is 0 Å². The van der Waals surface area contributed by atoms with Gasteiger partial charge in [-0.2, -0.15) is 0 Å². The lowest BCUT2D eigenvalue weighted by Gasteiger charge is -2.06. The standard InChI is InChI=1S/C12H12O2/c13-11-8-4-7-10(11)12(14)9-5-2-1-3-6-9/h1-3,5-7,11,13H,4,8H2/t11-/m1/s1. The lowest BCUT2D eigenvalue weighted by molar-refractivity contribution is 0.0992. The van der Waals surface area contributed by atoms with Crippen LogP contribution in [0.15, 0.2) is 42.0 Å². The molecule has 2 heteroatoms. The number of hydrogen-bond acceptors (Lipinski definition) is 2. The van der Waals surface area contributed by atoms with Crippen LogP contribution in [0.25, 0.3) is 0 Å². The SMILES string of the molecule is O=C(C1=CCC[C@H]1O)c1ccccc1. The van der Waals surface area contributed by atoms with Crippen molar-refractivity contribution in [2.24, 2.45) is 0 Å². The topological polar surface area (TPSA) is 37.3 Å². The van der Waals surface area contributed by atoms with Crippen LogP contribution < -0.4 is 0 Å². The minimum Gasteiger partial charge on any atom is -0.388 e. The summed E-state index contributed by atoms with van der Waals surface area (Å²) in [4.78, 5) is 11.8. The zero-order chi connectivity index (χ0) is 9.97. The van der Waals surface area contributed by atoms with E-state index in [0.717, 1.165) is 6.42 Å². The van der Waals surface area contributed by atoms with E-state index in [1.54, 1.807) is 12.1 Å². The Labute approximate surface area is 82.9 Å². The maximum Gasteiger partial charge on any atom is 0.191 e. The van der Waals surface area contributed by atoms with Gasteiger partial charge in [-0.1, -0.05) is 36.4 Å². The smallest absolute Gasteiger partial charge is 0.191 e. The lowest BCUT2D eigenvalue weighted by atomic mass is 10.0. The van der Waals surface area contributed by atoms with Gasteiger partial charge in [0.05, 0.1) is 6.10 Å². The number of rotatable bonds is 2. The van der Waals surface area contributed by atoms with Crippen molar-refractivity contribution in [3.63, 3.8) is 0 Å². The zero-order valence-electron chi connectivity index (χ0n) is 7.81. The molecule has 0 aliphatic heterocycles. The van der Waals surface area contributed by atoms with Gasteiger partial charge in [0.2, 0.25) is 0 Å². The van der Waals surface area contributed by atoms with Crippen molar-refractivity contribution < 1.29 is 9.90 Å². The number of carbonyl (C=O) groups is 1. The fourth-order valence-electron chi connectivity index (χ4n) is 1.69. The highest BCUT2D eigenvalue weighted by Gasteiger charge is 2.23. The van der Waals surface area contributed by atoms with E-state index >= 15 is 0 Å². The van der Waals surface area contributed by atoms with Crippen molar-refractivity contribution in [1.29, 1.82) is 0 Å². The fraction of sp³-hybridized carbons (Fsp3) is 0.250. The molecule has 14 heavy (non-hydrogen) atoms. The molecule has 0 spiro atoms. The normalized spacial score (nSPS) is 20.6. The Bertz CT molecular complexity index is 365. The Balaban J connectivity index is 2.25. The number of Topliss-reactive ketones (excluding diaryl/α,β-unsaturated/α-hetero) is 1. The van der Waals surface area contributed by atoms with Gasteiger partial charge in [0.25, 0.3) is 0 Å². The van der Waals surface area contributed by atoms with Crippen molar-refractivity contribution in [3.05, 3.63) is 47.5 Å². The van der Waals surface area contributed by atoms with Gasteiger partial charge in [0, 0.05) is 11.1 Å². The van der Waals surface area contributed by atoms with Crippen LogP contribution in [-0.2, 0) is 0 Å². The summed E-state index contributed by atoms with van der Waals surface area (Å²) in [7, 11) is 0. The Hall–Kier alpha value is -1.41. The van der Waals surface area contributed by atoms with Crippen molar-refractivity contribution in [2.45, 2.75) is 18.9 Å². The predicted molar refractivity (Wildman–Crippen MR) is 54.1 cm³/mol. The molecule has 1 atom stereocenters. The highest BCUT2D eigenvalue weighted by molar-refractivity contribution is 6.09. The van der Waals surface area contributed by atoms with Crippen molar-refractivity contribution in [2.75, 3.05) is 0 Å². The summed E-state index contributed by atoms with van der Waals surface area (Å²) in [5.41, 5.74) is 1.20. The molecule has 72 valence electrons. The highest BCUT2D eigenvalue weighted by Crippen LogP contribution is 2.22. The van der Waals surface area contributed by atoms with Gasteiger partial charge in [-0.3, -0.25) is 4.79 Å². The Morgan fingerprint density at radius 3 is 2.57 bits per heavy atom. The van der Waals surface area contributed by atoms with Gasteiger partial charge >= 0.3 is 0 Å². The second kappa shape index (κ2) is 3.76. The Kier molecular flexibility index (Phi) is 2.46. The maximum absolute atomic E-state index is 11.8. The summed E-state index contributed by atoms with van der Waals surface area (Å²) in [6, 6.07) is 9.07. The number of hydrogen-bond donors (Lipinski definition) is 1. The molecule has 1 aliphatic carbocycles. The first-order chi connectivity index (χ1) is 6.79. The second-order valence-electron chi connectivity index (χ2n) is 3.45.